The van der Waals surface area contributed by atoms with Gasteiger partial charge in [0.2, 0.25) is 5.78 Å². The minimum absolute atomic E-state index is 0.0320. The third-order valence-corrected chi connectivity index (χ3v) is 6.66. The van der Waals surface area contributed by atoms with Gasteiger partial charge in [-0.1, -0.05) is 42.5 Å². The minimum Gasteiger partial charge on any atom is -0.445 e. The minimum atomic E-state index is -1.41. The highest BCUT2D eigenvalue weighted by atomic mass is 16.6. The van der Waals surface area contributed by atoms with Gasteiger partial charge in [0, 0.05) is 23.3 Å². The highest BCUT2D eigenvalue weighted by Crippen LogP contribution is 2.33. The third-order valence-electron chi connectivity index (χ3n) is 6.66. The molecule has 4 aromatic rings. The summed E-state index contributed by atoms with van der Waals surface area (Å²) in [6.07, 6.45) is -1.41. The zero-order valence-corrected chi connectivity index (χ0v) is 21.5. The van der Waals surface area contributed by atoms with E-state index in [1.165, 1.54) is 42.5 Å². The molecule has 1 aliphatic rings. The van der Waals surface area contributed by atoms with Crippen LogP contribution in [0.5, 0.6) is 0 Å². The number of nitro benzene ring substituents is 1. The molecule has 0 radical (unpaired) electrons. The number of nitrogens with zero attached hydrogens (tertiary/aromatic N) is 2. The van der Waals surface area contributed by atoms with Gasteiger partial charge in [0.1, 0.15) is 0 Å². The number of rotatable bonds is 7. The van der Waals surface area contributed by atoms with Gasteiger partial charge in [-0.2, -0.15) is 0 Å². The fourth-order valence-electron chi connectivity index (χ4n) is 4.52. The summed E-state index contributed by atoms with van der Waals surface area (Å²) in [6, 6.07) is 22.8. The van der Waals surface area contributed by atoms with E-state index in [0.717, 1.165) is 16.0 Å². The first-order valence-corrected chi connectivity index (χ1v) is 12.3. The molecule has 5 rings (SSSR count). The lowest BCUT2D eigenvalue weighted by Crippen LogP contribution is -2.30. The van der Waals surface area contributed by atoms with Crippen molar-refractivity contribution in [2.24, 2.45) is 0 Å². The summed E-state index contributed by atoms with van der Waals surface area (Å²) in [5.74, 6) is -2.51. The van der Waals surface area contributed by atoms with Gasteiger partial charge < -0.3 is 4.74 Å². The Balaban J connectivity index is 1.47. The number of ether oxygens (including phenoxy) is 1. The number of carbonyl (C=O) groups is 4. The van der Waals surface area contributed by atoms with E-state index in [4.69, 9.17) is 4.74 Å². The van der Waals surface area contributed by atoms with Crippen LogP contribution in [0, 0.1) is 24.0 Å². The molecule has 1 heterocycles. The summed E-state index contributed by atoms with van der Waals surface area (Å²) in [5, 5.41) is 11.1. The van der Waals surface area contributed by atoms with Gasteiger partial charge in [0.05, 0.1) is 27.3 Å². The van der Waals surface area contributed by atoms with Crippen LogP contribution in [-0.2, 0) is 4.74 Å². The maximum Gasteiger partial charge on any atom is 0.339 e. The quantitative estimate of drug-likeness (QED) is 0.0966. The standard InChI is InChI=1S/C31H22N2O7/c1-18-8-9-19(2)26(16-18)32-29(35)24-15-12-22(17-25(24)30(32)36)31(37)40-28(27(34)20-6-4-3-5-7-20)21-10-13-23(14-11-21)33(38)39/h3-17,28H,1-2H3/t28-/m1/s1. The summed E-state index contributed by atoms with van der Waals surface area (Å²) in [6.45, 7) is 3.65. The van der Waals surface area contributed by atoms with E-state index in [9.17, 15) is 29.3 Å². The average Bonchev–Trinajstić information content (AvgIpc) is 3.21. The van der Waals surface area contributed by atoms with Crippen molar-refractivity contribution in [1.29, 1.82) is 0 Å². The number of imide groups is 1. The van der Waals surface area contributed by atoms with Gasteiger partial charge >= 0.3 is 5.97 Å². The van der Waals surface area contributed by atoms with Gasteiger partial charge in [-0.15, -0.1) is 0 Å². The van der Waals surface area contributed by atoms with Crippen LogP contribution in [0.1, 0.15) is 64.2 Å². The number of Topliss-reactive ketones (excluding diaryl/α,β-unsaturated/α-hetero) is 1. The van der Waals surface area contributed by atoms with E-state index in [0.29, 0.717) is 5.69 Å². The van der Waals surface area contributed by atoms with Gasteiger partial charge in [0.25, 0.3) is 17.5 Å². The predicted octanol–water partition coefficient (Wildman–Crippen LogP) is 5.79. The van der Waals surface area contributed by atoms with Crippen LogP contribution < -0.4 is 4.90 Å². The molecule has 0 aliphatic carbocycles. The number of benzene rings is 4. The normalized spacial score (nSPS) is 13.1. The van der Waals surface area contributed by atoms with Crippen LogP contribution in [0.15, 0.2) is 91.0 Å². The van der Waals surface area contributed by atoms with E-state index in [1.54, 1.807) is 43.3 Å². The fourth-order valence-corrected chi connectivity index (χ4v) is 4.52. The molecule has 0 aromatic heterocycles. The molecule has 0 fully saturated rings. The molecule has 1 atom stereocenters. The highest BCUT2D eigenvalue weighted by Gasteiger charge is 2.38. The fraction of sp³-hybridized carbons (Fsp3) is 0.0968. The Labute approximate surface area is 228 Å². The monoisotopic (exact) mass is 534 g/mol. The molecule has 0 saturated heterocycles. The van der Waals surface area contributed by atoms with Crippen LogP contribution in [0.2, 0.25) is 0 Å². The Morgan fingerprint density at radius 2 is 1.48 bits per heavy atom. The molecule has 0 saturated carbocycles. The van der Waals surface area contributed by atoms with Crippen LogP contribution in [0.4, 0.5) is 11.4 Å². The van der Waals surface area contributed by atoms with E-state index in [1.807, 2.05) is 19.1 Å². The lowest BCUT2D eigenvalue weighted by Gasteiger charge is -2.18. The summed E-state index contributed by atoms with van der Waals surface area (Å²) in [7, 11) is 0. The molecule has 1 aliphatic heterocycles. The molecular formula is C31H22N2O7. The molecule has 2 amide bonds. The molecule has 40 heavy (non-hydrogen) atoms. The number of fused-ring (bicyclic) bond motifs is 1. The van der Waals surface area contributed by atoms with Crippen molar-refractivity contribution in [2.75, 3.05) is 4.90 Å². The van der Waals surface area contributed by atoms with E-state index in [-0.39, 0.29) is 33.5 Å². The molecular weight excluding hydrogens is 512 g/mol. The van der Waals surface area contributed by atoms with Crippen molar-refractivity contribution < 1.29 is 28.8 Å². The Morgan fingerprint density at radius 3 is 2.15 bits per heavy atom. The van der Waals surface area contributed by atoms with Gasteiger partial charge in [-0.05, 0) is 61.4 Å². The largest absolute Gasteiger partial charge is 0.445 e. The molecule has 4 aromatic carbocycles. The lowest BCUT2D eigenvalue weighted by molar-refractivity contribution is -0.384. The second kappa shape index (κ2) is 10.4. The average molecular weight is 535 g/mol. The number of esters is 1. The van der Waals surface area contributed by atoms with E-state index < -0.39 is 34.6 Å². The summed E-state index contributed by atoms with van der Waals surface area (Å²) in [5.41, 5.74) is 2.57. The summed E-state index contributed by atoms with van der Waals surface area (Å²) >= 11 is 0. The van der Waals surface area contributed by atoms with Crippen LogP contribution in [0.3, 0.4) is 0 Å². The number of amides is 2. The topological polar surface area (TPSA) is 124 Å². The van der Waals surface area contributed by atoms with Crippen molar-refractivity contribution in [2.45, 2.75) is 20.0 Å². The number of nitro groups is 1. The number of hydrogen-bond donors (Lipinski definition) is 0. The molecule has 198 valence electrons. The summed E-state index contributed by atoms with van der Waals surface area (Å²) < 4.78 is 5.64. The van der Waals surface area contributed by atoms with Gasteiger partial charge in [0.15, 0.2) is 6.10 Å². The highest BCUT2D eigenvalue weighted by molar-refractivity contribution is 6.35. The Bertz CT molecular complexity index is 1700. The smallest absolute Gasteiger partial charge is 0.339 e. The van der Waals surface area contributed by atoms with E-state index in [2.05, 4.69) is 0 Å². The summed E-state index contributed by atoms with van der Waals surface area (Å²) in [4.78, 5) is 64.7. The Hall–Kier alpha value is -5.44. The van der Waals surface area contributed by atoms with E-state index >= 15 is 0 Å². The first-order valence-electron chi connectivity index (χ1n) is 12.3. The second-order valence-electron chi connectivity index (χ2n) is 9.36. The number of hydrogen-bond acceptors (Lipinski definition) is 7. The lowest BCUT2D eigenvalue weighted by atomic mass is 9.99. The molecule has 0 unspecified atom stereocenters. The first-order chi connectivity index (χ1) is 19.2. The predicted molar refractivity (Wildman–Crippen MR) is 146 cm³/mol. The number of carbonyl (C=O) groups excluding carboxylic acids is 4. The zero-order valence-electron chi connectivity index (χ0n) is 21.5. The Kier molecular flexibility index (Phi) is 6.79. The molecule has 9 heteroatoms. The third kappa shape index (κ3) is 4.76. The van der Waals surface area contributed by atoms with Crippen molar-refractivity contribution in [3.05, 3.63) is 140 Å². The van der Waals surface area contributed by atoms with Crippen molar-refractivity contribution in [3.63, 3.8) is 0 Å². The molecule has 9 nitrogen and oxygen atoms in total. The first kappa shape index (κ1) is 26.2. The maximum atomic E-state index is 13.4. The molecule has 0 bridgehead atoms. The number of non-ortho nitro benzene ring substituents is 1. The second-order valence-corrected chi connectivity index (χ2v) is 9.36. The molecule has 0 N–H and O–H groups in total. The Morgan fingerprint density at radius 1 is 0.800 bits per heavy atom. The van der Waals surface area contributed by atoms with Crippen LogP contribution in [0.25, 0.3) is 0 Å². The van der Waals surface area contributed by atoms with Crippen molar-refractivity contribution in [3.8, 4) is 0 Å². The SMILES string of the molecule is Cc1ccc(C)c(N2C(=O)c3ccc(C(=O)O[C@@H](C(=O)c4ccccc4)c4ccc([N+](=O)[O-])cc4)cc3C2=O)c1. The molecule has 0 spiro atoms. The van der Waals surface area contributed by atoms with Gasteiger partial charge in [-0.3, -0.25) is 24.5 Å². The van der Waals surface area contributed by atoms with Crippen LogP contribution in [-0.4, -0.2) is 28.5 Å². The van der Waals surface area contributed by atoms with Crippen LogP contribution >= 0.6 is 0 Å². The number of ketones is 1. The zero-order chi connectivity index (χ0) is 28.6. The maximum absolute atomic E-state index is 13.4. The number of aryl methyl sites for hydroxylation is 2. The van der Waals surface area contributed by atoms with Gasteiger partial charge in [-0.25, -0.2) is 9.69 Å². The van der Waals surface area contributed by atoms with Crippen molar-refractivity contribution in [1.82, 2.24) is 0 Å². The van der Waals surface area contributed by atoms with Crippen molar-refractivity contribution >= 4 is 34.9 Å². The number of anilines is 1.